The predicted molar refractivity (Wildman–Crippen MR) is 139 cm³/mol. The number of carbonyl (C=O) groups excluding carboxylic acids is 1. The molecule has 0 radical (unpaired) electrons. The molecule has 1 amide bonds. The highest BCUT2D eigenvalue weighted by molar-refractivity contribution is 7.47. The van der Waals surface area contributed by atoms with Gasteiger partial charge in [0.1, 0.15) is 5.82 Å². The lowest BCUT2D eigenvalue weighted by Crippen LogP contribution is -2.52. The number of rotatable bonds is 10. The van der Waals surface area contributed by atoms with Gasteiger partial charge in [0.2, 0.25) is 17.5 Å². The number of hydrogen-bond donors (Lipinski definition) is 3. The lowest BCUT2D eigenvalue weighted by Gasteiger charge is -2.36. The number of fused-ring (bicyclic) bond motifs is 1. The third-order valence-electron chi connectivity index (χ3n) is 5.42. The highest BCUT2D eigenvalue weighted by Gasteiger charge is 2.46. The number of methoxy groups -OCH3 is 3. The van der Waals surface area contributed by atoms with E-state index in [2.05, 4.69) is 30.1 Å². The van der Waals surface area contributed by atoms with Crippen LogP contribution in [-0.4, -0.2) is 59.8 Å². The topological polar surface area (TPSA) is 176 Å². The van der Waals surface area contributed by atoms with Crippen molar-refractivity contribution in [3.05, 3.63) is 36.3 Å². The molecule has 1 aromatic carbocycles. The number of nitrogens with zero attached hydrogens (tertiary/aromatic N) is 4. The van der Waals surface area contributed by atoms with Crippen molar-refractivity contribution >= 4 is 42.8 Å². The van der Waals surface area contributed by atoms with E-state index in [0.717, 1.165) is 13.3 Å². The third-order valence-corrected chi connectivity index (χ3v) is 6.25. The number of ether oxygens (including phenoxy) is 4. The van der Waals surface area contributed by atoms with Gasteiger partial charge in [-0.3, -0.25) is 9.32 Å². The second-order valence-electron chi connectivity index (χ2n) is 8.52. The Hall–Kier alpha value is -4.24. The summed E-state index contributed by atoms with van der Waals surface area (Å²) in [6.07, 6.45) is 0.930. The molecule has 4 rings (SSSR count). The summed E-state index contributed by atoms with van der Waals surface area (Å²) in [6.45, 7) is 2.88. The second-order valence-corrected chi connectivity index (χ2v) is 9.98. The molecule has 0 spiro atoms. The van der Waals surface area contributed by atoms with Crippen LogP contribution in [0.4, 0.5) is 33.5 Å². The Morgan fingerprint density at radius 3 is 2.33 bits per heavy atom. The molecule has 0 aliphatic carbocycles. The standard InChI is InChI=1S/C23H26FN6O9P/c1-23(2)21(31)30(39-40(32,33)37-6)20-14(38-23)7-8-17(28-20)27-19-13(24)11-25-22(29-19)26-12-9-15(34-3)18(36-5)16(10-12)35-4/h7-11H,1-6H3,(H,32,33)(H2,25,26,27,28,29). The maximum absolute atomic E-state index is 14.7. The fraction of sp³-hybridized carbons (Fsp3) is 0.304. The fourth-order valence-corrected chi connectivity index (χ4v) is 3.95. The molecular weight excluding hydrogens is 554 g/mol. The van der Waals surface area contributed by atoms with Crippen LogP contribution >= 0.6 is 7.82 Å². The first-order valence-electron chi connectivity index (χ1n) is 11.4. The van der Waals surface area contributed by atoms with Gasteiger partial charge in [-0.1, -0.05) is 0 Å². The summed E-state index contributed by atoms with van der Waals surface area (Å²) in [5, 5.41) is 6.12. The molecule has 1 unspecified atom stereocenters. The molecule has 1 atom stereocenters. The minimum atomic E-state index is -4.66. The number of amides is 1. The zero-order chi connectivity index (χ0) is 29.2. The number of aromatic nitrogens is 3. The summed E-state index contributed by atoms with van der Waals surface area (Å²) in [5.74, 6) is -1.04. The molecule has 1 aliphatic heterocycles. The molecular formula is C23H26FN6O9P. The Morgan fingerprint density at radius 2 is 1.73 bits per heavy atom. The molecule has 3 aromatic rings. The van der Waals surface area contributed by atoms with Gasteiger partial charge in [0, 0.05) is 24.9 Å². The summed E-state index contributed by atoms with van der Waals surface area (Å²) in [6, 6.07) is 6.06. The van der Waals surface area contributed by atoms with Gasteiger partial charge in [0.05, 0.1) is 27.5 Å². The van der Waals surface area contributed by atoms with E-state index in [1.807, 2.05) is 0 Å². The van der Waals surface area contributed by atoms with Crippen molar-refractivity contribution in [1.82, 2.24) is 15.0 Å². The van der Waals surface area contributed by atoms with E-state index in [0.29, 0.717) is 28.0 Å². The van der Waals surface area contributed by atoms with Crippen molar-refractivity contribution in [2.45, 2.75) is 19.4 Å². The number of benzene rings is 1. The molecule has 0 saturated carbocycles. The van der Waals surface area contributed by atoms with Gasteiger partial charge in [0.25, 0.3) is 5.91 Å². The second kappa shape index (κ2) is 11.1. The molecule has 0 fully saturated rings. The first-order chi connectivity index (χ1) is 18.9. The number of anilines is 5. The lowest BCUT2D eigenvalue weighted by atomic mass is 10.1. The van der Waals surface area contributed by atoms with E-state index >= 15 is 0 Å². The minimum Gasteiger partial charge on any atom is -0.493 e. The van der Waals surface area contributed by atoms with Crippen molar-refractivity contribution in [2.24, 2.45) is 0 Å². The monoisotopic (exact) mass is 580 g/mol. The van der Waals surface area contributed by atoms with Gasteiger partial charge < -0.3 is 34.5 Å². The molecule has 17 heteroatoms. The number of halogens is 1. The number of phosphoric acid groups is 1. The third kappa shape index (κ3) is 5.84. The van der Waals surface area contributed by atoms with Crippen molar-refractivity contribution in [2.75, 3.05) is 44.1 Å². The SMILES string of the molecule is COc1cc(Nc2ncc(F)c(Nc3ccc4c(n3)N(OP(=O)(O)OC)C(=O)C(C)(C)O4)n2)cc(OC)c1OC. The quantitative estimate of drug-likeness (QED) is 0.296. The first-order valence-corrected chi connectivity index (χ1v) is 12.9. The van der Waals surface area contributed by atoms with Gasteiger partial charge in [-0.15, -0.1) is 0 Å². The van der Waals surface area contributed by atoms with Gasteiger partial charge in [-0.2, -0.15) is 14.7 Å². The largest absolute Gasteiger partial charge is 0.494 e. The number of hydroxylamine groups is 1. The Labute approximate surface area is 227 Å². The normalized spacial score (nSPS) is 15.4. The van der Waals surface area contributed by atoms with E-state index in [4.69, 9.17) is 23.6 Å². The molecule has 1 aliphatic rings. The summed E-state index contributed by atoms with van der Waals surface area (Å²) < 4.78 is 57.8. The minimum absolute atomic E-state index is 0.00247. The van der Waals surface area contributed by atoms with Crippen molar-refractivity contribution < 1.29 is 46.7 Å². The van der Waals surface area contributed by atoms with Crippen LogP contribution in [-0.2, 0) is 18.5 Å². The molecule has 15 nitrogen and oxygen atoms in total. The number of carbonyl (C=O) groups is 1. The van der Waals surface area contributed by atoms with Gasteiger partial charge >= 0.3 is 7.82 Å². The van der Waals surface area contributed by atoms with Crippen molar-refractivity contribution in [3.63, 3.8) is 0 Å². The zero-order valence-electron chi connectivity index (χ0n) is 22.2. The Balaban J connectivity index is 1.64. The molecule has 0 bridgehead atoms. The van der Waals surface area contributed by atoms with Gasteiger partial charge in [-0.05, 0) is 26.0 Å². The number of pyridine rings is 1. The highest BCUT2D eigenvalue weighted by atomic mass is 31.2. The Morgan fingerprint density at radius 1 is 1.05 bits per heavy atom. The smallest absolute Gasteiger partial charge is 0.493 e. The summed E-state index contributed by atoms with van der Waals surface area (Å²) >= 11 is 0. The van der Waals surface area contributed by atoms with Gasteiger partial charge in [0.15, 0.2) is 34.5 Å². The van der Waals surface area contributed by atoms with Crippen LogP contribution in [0.3, 0.4) is 0 Å². The van der Waals surface area contributed by atoms with E-state index in [9.17, 15) is 18.6 Å². The van der Waals surface area contributed by atoms with Crippen LogP contribution < -0.4 is 34.6 Å². The number of nitrogens with one attached hydrogen (secondary N) is 2. The number of hydrogen-bond acceptors (Lipinski definition) is 13. The summed E-state index contributed by atoms with van der Waals surface area (Å²) in [4.78, 5) is 35.0. The highest BCUT2D eigenvalue weighted by Crippen LogP contribution is 2.48. The fourth-order valence-electron chi connectivity index (χ4n) is 3.52. The maximum atomic E-state index is 14.7. The van der Waals surface area contributed by atoms with Crippen LogP contribution in [0.15, 0.2) is 30.5 Å². The van der Waals surface area contributed by atoms with E-state index < -0.39 is 25.1 Å². The van der Waals surface area contributed by atoms with Crippen LogP contribution in [0.25, 0.3) is 0 Å². The number of phosphoric ester groups is 1. The van der Waals surface area contributed by atoms with Crippen molar-refractivity contribution in [1.29, 1.82) is 0 Å². The van der Waals surface area contributed by atoms with Gasteiger partial charge in [-0.25, -0.2) is 18.9 Å². The van der Waals surface area contributed by atoms with Crippen LogP contribution in [0.2, 0.25) is 0 Å². The molecule has 40 heavy (non-hydrogen) atoms. The van der Waals surface area contributed by atoms with Crippen LogP contribution in [0.5, 0.6) is 23.0 Å². The first kappa shape index (κ1) is 28.8. The van der Waals surface area contributed by atoms with Crippen LogP contribution in [0.1, 0.15) is 13.8 Å². The average molecular weight is 580 g/mol. The molecule has 3 N–H and O–H groups in total. The Kier molecular flexibility index (Phi) is 7.98. The maximum Gasteiger partial charge on any atom is 0.494 e. The molecule has 2 aromatic heterocycles. The Bertz CT molecular complexity index is 1470. The average Bonchev–Trinajstić information content (AvgIpc) is 2.92. The van der Waals surface area contributed by atoms with E-state index in [-0.39, 0.29) is 29.2 Å². The predicted octanol–water partition coefficient (Wildman–Crippen LogP) is 3.71. The summed E-state index contributed by atoms with van der Waals surface area (Å²) in [7, 11) is 0.665. The lowest BCUT2D eigenvalue weighted by molar-refractivity contribution is -0.138. The van der Waals surface area contributed by atoms with E-state index in [1.165, 1.54) is 47.3 Å². The van der Waals surface area contributed by atoms with E-state index in [1.54, 1.807) is 12.1 Å². The zero-order valence-corrected chi connectivity index (χ0v) is 23.1. The molecule has 214 valence electrons. The molecule has 0 saturated heterocycles. The van der Waals surface area contributed by atoms with Crippen molar-refractivity contribution in [3.8, 4) is 23.0 Å². The molecule has 3 heterocycles. The van der Waals surface area contributed by atoms with Crippen LogP contribution in [0, 0.1) is 5.82 Å². The summed E-state index contributed by atoms with van der Waals surface area (Å²) in [5.41, 5.74) is -1.000.